The van der Waals surface area contributed by atoms with Gasteiger partial charge in [0.1, 0.15) is 0 Å². The van der Waals surface area contributed by atoms with E-state index in [0.29, 0.717) is 12.3 Å². The summed E-state index contributed by atoms with van der Waals surface area (Å²) < 4.78 is 0. The first-order chi connectivity index (χ1) is 10.7. The molecule has 2 rings (SSSR count). The van der Waals surface area contributed by atoms with E-state index in [1.54, 1.807) is 0 Å². The minimum absolute atomic E-state index is 0.112. The summed E-state index contributed by atoms with van der Waals surface area (Å²) in [4.78, 5) is 12.3. The molecular formula is C20H25NO. The fraction of sp³-hybridized carbons (Fsp3) is 0.350. The zero-order valence-corrected chi connectivity index (χ0v) is 13.5. The van der Waals surface area contributed by atoms with E-state index in [1.165, 1.54) is 11.1 Å². The van der Waals surface area contributed by atoms with Crippen LogP contribution in [0.5, 0.6) is 0 Å². The van der Waals surface area contributed by atoms with Crippen LogP contribution in [0.4, 0.5) is 0 Å². The summed E-state index contributed by atoms with van der Waals surface area (Å²) >= 11 is 0. The zero-order chi connectivity index (χ0) is 15.8. The number of carbonyl (C=O) groups is 1. The van der Waals surface area contributed by atoms with E-state index in [0.717, 1.165) is 13.0 Å². The van der Waals surface area contributed by atoms with E-state index in [4.69, 9.17) is 0 Å². The number of hydrogen-bond donors (Lipinski definition) is 1. The first kappa shape index (κ1) is 16.3. The largest absolute Gasteiger partial charge is 0.356 e. The van der Waals surface area contributed by atoms with Gasteiger partial charge in [-0.25, -0.2) is 0 Å². The lowest BCUT2D eigenvalue weighted by molar-refractivity contribution is -0.121. The molecule has 0 radical (unpaired) electrons. The Hall–Kier alpha value is -2.09. The fourth-order valence-corrected chi connectivity index (χ4v) is 2.56. The summed E-state index contributed by atoms with van der Waals surface area (Å²) in [6.45, 7) is 5.10. The standard InChI is InChI=1S/C20H25NO/c1-16(2)13-14-21-20(22)15-19(17-9-5-3-6-10-17)18-11-7-4-8-12-18/h3-12,16,19H,13-15H2,1-2H3,(H,21,22). The van der Waals surface area contributed by atoms with Gasteiger partial charge < -0.3 is 5.32 Å². The molecule has 2 aromatic rings. The molecule has 1 N–H and O–H groups in total. The van der Waals surface area contributed by atoms with Gasteiger partial charge in [0, 0.05) is 18.9 Å². The van der Waals surface area contributed by atoms with Gasteiger partial charge in [-0.05, 0) is 23.5 Å². The second kappa shape index (κ2) is 8.38. The highest BCUT2D eigenvalue weighted by atomic mass is 16.1. The van der Waals surface area contributed by atoms with Crippen molar-refractivity contribution < 1.29 is 4.79 Å². The molecule has 0 heterocycles. The van der Waals surface area contributed by atoms with Crippen LogP contribution >= 0.6 is 0 Å². The maximum absolute atomic E-state index is 12.3. The third-order valence-corrected chi connectivity index (χ3v) is 3.84. The van der Waals surface area contributed by atoms with Crippen molar-refractivity contribution in [3.8, 4) is 0 Å². The molecule has 2 heteroatoms. The van der Waals surface area contributed by atoms with Crippen molar-refractivity contribution in [2.24, 2.45) is 5.92 Å². The Balaban J connectivity index is 2.08. The lowest BCUT2D eigenvalue weighted by Gasteiger charge is -2.18. The van der Waals surface area contributed by atoms with Gasteiger partial charge >= 0.3 is 0 Å². The minimum Gasteiger partial charge on any atom is -0.356 e. The molecule has 0 aromatic heterocycles. The van der Waals surface area contributed by atoms with E-state index < -0.39 is 0 Å². The Kier molecular flexibility index (Phi) is 6.20. The summed E-state index contributed by atoms with van der Waals surface area (Å²) in [7, 11) is 0. The van der Waals surface area contributed by atoms with E-state index in [2.05, 4.69) is 43.4 Å². The van der Waals surface area contributed by atoms with Crippen molar-refractivity contribution in [2.45, 2.75) is 32.6 Å². The summed E-state index contributed by atoms with van der Waals surface area (Å²) in [5.74, 6) is 0.846. The van der Waals surface area contributed by atoms with Crippen molar-refractivity contribution in [3.63, 3.8) is 0 Å². The molecule has 0 aliphatic rings. The molecule has 0 aliphatic carbocycles. The summed E-state index contributed by atoms with van der Waals surface area (Å²) in [6.07, 6.45) is 1.51. The highest BCUT2D eigenvalue weighted by Gasteiger charge is 2.17. The van der Waals surface area contributed by atoms with Crippen LogP contribution in [-0.4, -0.2) is 12.5 Å². The second-order valence-corrected chi connectivity index (χ2v) is 6.11. The number of rotatable bonds is 7. The van der Waals surface area contributed by atoms with Gasteiger partial charge in [-0.2, -0.15) is 0 Å². The molecule has 0 atom stereocenters. The Morgan fingerprint density at radius 2 is 1.41 bits per heavy atom. The van der Waals surface area contributed by atoms with Crippen LogP contribution in [-0.2, 0) is 4.79 Å². The number of carbonyl (C=O) groups excluding carboxylic acids is 1. The van der Waals surface area contributed by atoms with Crippen LogP contribution in [0.25, 0.3) is 0 Å². The Morgan fingerprint density at radius 3 is 1.86 bits per heavy atom. The Labute approximate surface area is 133 Å². The maximum Gasteiger partial charge on any atom is 0.220 e. The number of hydrogen-bond acceptors (Lipinski definition) is 1. The predicted molar refractivity (Wildman–Crippen MR) is 91.8 cm³/mol. The van der Waals surface area contributed by atoms with Gasteiger partial charge in [0.25, 0.3) is 0 Å². The van der Waals surface area contributed by atoms with Crippen molar-refractivity contribution in [3.05, 3.63) is 71.8 Å². The highest BCUT2D eigenvalue weighted by molar-refractivity contribution is 5.77. The van der Waals surface area contributed by atoms with Crippen LogP contribution < -0.4 is 5.32 Å². The molecule has 0 bridgehead atoms. The average molecular weight is 295 g/mol. The van der Waals surface area contributed by atoms with E-state index in [-0.39, 0.29) is 11.8 Å². The molecule has 1 amide bonds. The third-order valence-electron chi connectivity index (χ3n) is 3.84. The molecule has 0 saturated heterocycles. The molecule has 0 spiro atoms. The first-order valence-electron chi connectivity index (χ1n) is 8.03. The van der Waals surface area contributed by atoms with E-state index >= 15 is 0 Å². The van der Waals surface area contributed by atoms with Crippen LogP contribution in [0.2, 0.25) is 0 Å². The number of benzene rings is 2. The lowest BCUT2D eigenvalue weighted by atomic mass is 9.88. The first-order valence-corrected chi connectivity index (χ1v) is 8.03. The normalized spacial score (nSPS) is 10.9. The molecule has 0 unspecified atom stereocenters. The quantitative estimate of drug-likeness (QED) is 0.807. The fourth-order valence-electron chi connectivity index (χ4n) is 2.56. The van der Waals surface area contributed by atoms with Crippen LogP contribution in [0.3, 0.4) is 0 Å². The topological polar surface area (TPSA) is 29.1 Å². The molecule has 116 valence electrons. The van der Waals surface area contributed by atoms with Gasteiger partial charge in [-0.3, -0.25) is 4.79 Å². The van der Waals surface area contributed by atoms with E-state index in [1.807, 2.05) is 36.4 Å². The average Bonchev–Trinajstić information content (AvgIpc) is 2.54. The molecule has 0 aliphatic heterocycles. The molecule has 2 nitrogen and oxygen atoms in total. The number of amides is 1. The maximum atomic E-state index is 12.3. The third kappa shape index (κ3) is 5.03. The van der Waals surface area contributed by atoms with Gasteiger partial charge in [-0.15, -0.1) is 0 Å². The van der Waals surface area contributed by atoms with Crippen molar-refractivity contribution in [1.82, 2.24) is 5.32 Å². The van der Waals surface area contributed by atoms with Crippen LogP contribution in [0.1, 0.15) is 43.7 Å². The second-order valence-electron chi connectivity index (χ2n) is 6.11. The van der Waals surface area contributed by atoms with E-state index in [9.17, 15) is 4.79 Å². The predicted octanol–water partition coefficient (Wildman–Crippen LogP) is 4.37. The molecular weight excluding hydrogens is 270 g/mol. The highest BCUT2D eigenvalue weighted by Crippen LogP contribution is 2.27. The van der Waals surface area contributed by atoms with Crippen LogP contribution in [0, 0.1) is 5.92 Å². The number of nitrogens with one attached hydrogen (secondary N) is 1. The molecule has 2 aromatic carbocycles. The van der Waals surface area contributed by atoms with Gasteiger partial charge in [0.15, 0.2) is 0 Å². The molecule has 0 fully saturated rings. The summed E-state index contributed by atoms with van der Waals surface area (Å²) in [5, 5.41) is 3.05. The SMILES string of the molecule is CC(C)CCNC(=O)CC(c1ccccc1)c1ccccc1. The van der Waals surface area contributed by atoms with Crippen molar-refractivity contribution in [2.75, 3.05) is 6.54 Å². The smallest absolute Gasteiger partial charge is 0.220 e. The van der Waals surface area contributed by atoms with Crippen molar-refractivity contribution >= 4 is 5.91 Å². The molecule has 0 saturated carbocycles. The lowest BCUT2D eigenvalue weighted by Crippen LogP contribution is -2.27. The monoisotopic (exact) mass is 295 g/mol. The van der Waals surface area contributed by atoms with Gasteiger partial charge in [0.05, 0.1) is 0 Å². The zero-order valence-electron chi connectivity index (χ0n) is 13.5. The van der Waals surface area contributed by atoms with Crippen LogP contribution in [0.15, 0.2) is 60.7 Å². The Bertz CT molecular complexity index is 523. The summed E-state index contributed by atoms with van der Waals surface area (Å²) in [6, 6.07) is 20.5. The minimum atomic E-state index is 0.112. The van der Waals surface area contributed by atoms with Crippen molar-refractivity contribution in [1.29, 1.82) is 0 Å². The van der Waals surface area contributed by atoms with Gasteiger partial charge in [0.2, 0.25) is 5.91 Å². The molecule has 22 heavy (non-hydrogen) atoms. The summed E-state index contributed by atoms with van der Waals surface area (Å²) in [5.41, 5.74) is 2.38. The van der Waals surface area contributed by atoms with Gasteiger partial charge in [-0.1, -0.05) is 74.5 Å². The Morgan fingerprint density at radius 1 is 0.909 bits per heavy atom.